The Morgan fingerprint density at radius 2 is 1.90 bits per heavy atom. The third-order valence-electron chi connectivity index (χ3n) is 4.78. The smallest absolute Gasteiger partial charge is 0.130 e. The van der Waals surface area contributed by atoms with E-state index in [0.29, 0.717) is 18.0 Å². The van der Waals surface area contributed by atoms with Crippen molar-refractivity contribution >= 4 is 0 Å². The number of nitrogens with one attached hydrogen (secondary N) is 1. The highest BCUT2D eigenvalue weighted by Crippen LogP contribution is 2.28. The first-order valence-electron chi connectivity index (χ1n) is 8.19. The van der Waals surface area contributed by atoms with Crippen molar-refractivity contribution in [2.75, 3.05) is 11.6 Å². The lowest BCUT2D eigenvalue weighted by Gasteiger charge is -2.43. The van der Waals surface area contributed by atoms with Crippen LogP contribution in [0.4, 0.5) is 0 Å². The molecule has 3 rings (SSSR count). The molecule has 2 unspecified atom stereocenters. The Kier molecular flexibility index (Phi) is 3.76. The average molecular weight is 276 g/mol. The van der Waals surface area contributed by atoms with Crippen LogP contribution in [0.3, 0.4) is 0 Å². The fourth-order valence-corrected chi connectivity index (χ4v) is 3.75. The molecule has 4 nitrogen and oxygen atoms in total. The van der Waals surface area contributed by atoms with Crippen LogP contribution in [0.15, 0.2) is 0 Å². The second-order valence-electron chi connectivity index (χ2n) is 6.77. The van der Waals surface area contributed by atoms with Gasteiger partial charge >= 0.3 is 0 Å². The second kappa shape index (κ2) is 5.40. The van der Waals surface area contributed by atoms with Crippen molar-refractivity contribution < 1.29 is 0 Å². The molecule has 0 amide bonds. The molecule has 2 aliphatic heterocycles. The predicted octanol–water partition coefficient (Wildman–Crippen LogP) is 2.55. The summed E-state index contributed by atoms with van der Waals surface area (Å²) in [4.78, 5) is 4.95. The van der Waals surface area contributed by atoms with Gasteiger partial charge in [0.05, 0.1) is 11.4 Å². The van der Waals surface area contributed by atoms with E-state index in [1.165, 1.54) is 36.5 Å². The summed E-state index contributed by atoms with van der Waals surface area (Å²) in [6, 6.07) is 1.23. The highest BCUT2D eigenvalue weighted by molar-refractivity contribution is 5.25. The van der Waals surface area contributed by atoms with Crippen molar-refractivity contribution in [3.05, 3.63) is 17.2 Å². The van der Waals surface area contributed by atoms with Gasteiger partial charge in [-0.15, -0.1) is 0 Å². The maximum atomic E-state index is 4.95. The van der Waals surface area contributed by atoms with E-state index in [2.05, 4.69) is 42.7 Å². The second-order valence-corrected chi connectivity index (χ2v) is 6.77. The quantitative estimate of drug-likeness (QED) is 0.901. The number of piperidine rings is 1. The first-order valence-corrected chi connectivity index (χ1v) is 8.19. The van der Waals surface area contributed by atoms with Crippen molar-refractivity contribution in [3.8, 4) is 0 Å². The molecule has 20 heavy (non-hydrogen) atoms. The summed E-state index contributed by atoms with van der Waals surface area (Å²) in [5.74, 6) is 1.72. The lowest BCUT2D eigenvalue weighted by atomic mass is 9.99. The largest absolute Gasteiger partial charge is 0.311 e. The van der Waals surface area contributed by atoms with Gasteiger partial charge in [0.15, 0.2) is 0 Å². The molecule has 112 valence electrons. The van der Waals surface area contributed by atoms with E-state index < -0.39 is 0 Å². The number of aromatic nitrogens is 2. The fraction of sp³-hybridized carbons (Fsp3) is 0.812. The van der Waals surface area contributed by atoms with Crippen LogP contribution in [0.2, 0.25) is 0 Å². The van der Waals surface area contributed by atoms with Gasteiger partial charge in [0.2, 0.25) is 0 Å². The molecule has 2 aliphatic rings. The third kappa shape index (κ3) is 2.24. The van der Waals surface area contributed by atoms with E-state index in [1.54, 1.807) is 0 Å². The molecule has 4 heteroatoms. The van der Waals surface area contributed by atoms with Gasteiger partial charge in [-0.1, -0.05) is 13.8 Å². The highest BCUT2D eigenvalue weighted by atomic mass is 15.6. The van der Waals surface area contributed by atoms with Crippen LogP contribution < -0.4 is 10.3 Å². The molecule has 3 heterocycles. The molecule has 0 bridgehead atoms. The van der Waals surface area contributed by atoms with Crippen LogP contribution >= 0.6 is 0 Å². The molecule has 1 aromatic heterocycles. The zero-order chi connectivity index (χ0) is 14.3. The number of fused-ring (bicyclic) bond motifs is 1. The van der Waals surface area contributed by atoms with Gasteiger partial charge in [-0.05, 0) is 33.1 Å². The standard InChI is InChI=1S/C16H28N4/c1-11(2)16-18-14-10-17-9-8-15(14)20(16)19-12(3)6-5-7-13(19)4/h11-13,17H,5-10H2,1-4H3. The average Bonchev–Trinajstić information content (AvgIpc) is 2.78. The van der Waals surface area contributed by atoms with Crippen LogP contribution in [-0.2, 0) is 13.0 Å². The Morgan fingerprint density at radius 1 is 1.20 bits per heavy atom. The Bertz CT molecular complexity index is 467. The number of hydrogen-bond acceptors (Lipinski definition) is 3. The molecule has 0 spiro atoms. The van der Waals surface area contributed by atoms with Crippen molar-refractivity contribution in [1.82, 2.24) is 15.0 Å². The number of rotatable bonds is 2. The monoisotopic (exact) mass is 276 g/mol. The summed E-state index contributed by atoms with van der Waals surface area (Å²) in [5, 5.41) is 6.06. The van der Waals surface area contributed by atoms with Gasteiger partial charge < -0.3 is 10.3 Å². The van der Waals surface area contributed by atoms with E-state index in [4.69, 9.17) is 4.98 Å². The molecule has 0 radical (unpaired) electrons. The minimum absolute atomic E-state index is 0.474. The summed E-state index contributed by atoms with van der Waals surface area (Å²) >= 11 is 0. The van der Waals surface area contributed by atoms with E-state index >= 15 is 0 Å². The molecule has 1 saturated heterocycles. The summed E-state index contributed by atoms with van der Waals surface area (Å²) < 4.78 is 2.50. The van der Waals surface area contributed by atoms with Crippen LogP contribution in [0.5, 0.6) is 0 Å². The molecule has 1 N–H and O–H groups in total. The van der Waals surface area contributed by atoms with Gasteiger partial charge in [-0.3, -0.25) is 0 Å². The number of imidazole rings is 1. The summed E-state index contributed by atoms with van der Waals surface area (Å²) in [5.41, 5.74) is 2.72. The van der Waals surface area contributed by atoms with Crippen molar-refractivity contribution in [1.29, 1.82) is 0 Å². The highest BCUT2D eigenvalue weighted by Gasteiger charge is 2.31. The Balaban J connectivity index is 2.08. The summed E-state index contributed by atoms with van der Waals surface area (Å²) in [7, 11) is 0. The normalized spacial score (nSPS) is 26.9. The maximum absolute atomic E-state index is 4.95. The molecule has 0 saturated carbocycles. The van der Waals surface area contributed by atoms with Gasteiger partial charge in [-0.2, -0.15) is 0 Å². The minimum Gasteiger partial charge on any atom is -0.311 e. The van der Waals surface area contributed by atoms with E-state index in [-0.39, 0.29) is 0 Å². The third-order valence-corrected chi connectivity index (χ3v) is 4.78. The van der Waals surface area contributed by atoms with Crippen LogP contribution in [-0.4, -0.2) is 28.3 Å². The zero-order valence-electron chi connectivity index (χ0n) is 13.3. The van der Waals surface area contributed by atoms with Gasteiger partial charge in [0.25, 0.3) is 0 Å². The Morgan fingerprint density at radius 3 is 2.55 bits per heavy atom. The Hall–Kier alpha value is -1.03. The first-order chi connectivity index (χ1) is 9.59. The van der Waals surface area contributed by atoms with Crippen LogP contribution in [0.25, 0.3) is 0 Å². The molecular weight excluding hydrogens is 248 g/mol. The minimum atomic E-state index is 0.474. The molecule has 0 aliphatic carbocycles. The topological polar surface area (TPSA) is 33.1 Å². The lowest BCUT2D eigenvalue weighted by Crippen LogP contribution is -2.52. The van der Waals surface area contributed by atoms with Crippen LogP contribution in [0, 0.1) is 0 Å². The van der Waals surface area contributed by atoms with E-state index in [9.17, 15) is 0 Å². The molecule has 0 aromatic carbocycles. The number of nitrogens with zero attached hydrogens (tertiary/aromatic N) is 3. The molecule has 1 aromatic rings. The van der Waals surface area contributed by atoms with Crippen molar-refractivity contribution in [2.45, 2.75) is 77.9 Å². The van der Waals surface area contributed by atoms with Crippen molar-refractivity contribution in [2.24, 2.45) is 0 Å². The van der Waals surface area contributed by atoms with Crippen LogP contribution in [0.1, 0.15) is 70.1 Å². The molecule has 2 atom stereocenters. The van der Waals surface area contributed by atoms with Crippen molar-refractivity contribution in [3.63, 3.8) is 0 Å². The van der Waals surface area contributed by atoms with Gasteiger partial charge in [-0.25, -0.2) is 9.66 Å². The maximum Gasteiger partial charge on any atom is 0.130 e. The first kappa shape index (κ1) is 13.9. The SMILES string of the molecule is CC(C)c1nc2c(n1N1C(C)CCCC1C)CCNC2. The van der Waals surface area contributed by atoms with E-state index in [1.807, 2.05) is 0 Å². The van der Waals surface area contributed by atoms with Gasteiger partial charge in [0.1, 0.15) is 5.82 Å². The predicted molar refractivity (Wildman–Crippen MR) is 82.7 cm³/mol. The number of hydrogen-bond donors (Lipinski definition) is 1. The zero-order valence-corrected chi connectivity index (χ0v) is 13.3. The Labute approximate surface area is 122 Å². The summed E-state index contributed by atoms with van der Waals surface area (Å²) in [6.45, 7) is 11.3. The summed E-state index contributed by atoms with van der Waals surface area (Å²) in [6.07, 6.45) is 5.05. The molecular formula is C16H28N4. The fourth-order valence-electron chi connectivity index (χ4n) is 3.75. The lowest BCUT2D eigenvalue weighted by molar-refractivity contribution is 0.322. The van der Waals surface area contributed by atoms with Gasteiger partial charge in [0, 0.05) is 37.5 Å². The molecule has 1 fully saturated rings. The van der Waals surface area contributed by atoms with E-state index in [0.717, 1.165) is 19.5 Å².